The Labute approximate surface area is 89.4 Å². The second kappa shape index (κ2) is 3.59. The Hall–Kier alpha value is -0.900. The first-order chi connectivity index (χ1) is 7.36. The van der Waals surface area contributed by atoms with E-state index in [1.807, 2.05) is 6.07 Å². The number of rotatable bonds is 2. The third kappa shape index (κ3) is 1.78. The molecule has 1 aromatic rings. The molecule has 0 unspecified atom stereocenters. The Morgan fingerprint density at radius 2 is 2.07 bits per heavy atom. The highest BCUT2D eigenvalue weighted by atomic mass is 16.6. The van der Waals surface area contributed by atoms with Gasteiger partial charge in [0, 0.05) is 6.04 Å². The topological polar surface area (TPSA) is 30.5 Å². The van der Waals surface area contributed by atoms with Gasteiger partial charge in [0.1, 0.15) is 0 Å². The first-order valence-corrected chi connectivity index (χ1v) is 5.40. The molecule has 2 saturated heterocycles. The van der Waals surface area contributed by atoms with Gasteiger partial charge in [-0.1, -0.05) is 30.3 Å². The van der Waals surface area contributed by atoms with Crippen molar-refractivity contribution in [2.75, 3.05) is 19.8 Å². The van der Waals surface area contributed by atoms with Crippen LogP contribution < -0.4 is 5.32 Å². The van der Waals surface area contributed by atoms with Gasteiger partial charge in [0.25, 0.3) is 0 Å². The smallest absolute Gasteiger partial charge is 0.166 e. The highest BCUT2D eigenvalue weighted by Gasteiger charge is 2.45. The third-order valence-corrected chi connectivity index (χ3v) is 3.02. The van der Waals surface area contributed by atoms with E-state index in [1.165, 1.54) is 5.56 Å². The number of hydrogen-bond acceptors (Lipinski definition) is 3. The summed E-state index contributed by atoms with van der Waals surface area (Å²) in [5, 5.41) is 3.51. The molecular weight excluding hydrogens is 190 g/mol. The fourth-order valence-corrected chi connectivity index (χ4v) is 2.18. The summed E-state index contributed by atoms with van der Waals surface area (Å²) in [4.78, 5) is 0. The van der Waals surface area contributed by atoms with Crippen LogP contribution in [0.4, 0.5) is 0 Å². The summed E-state index contributed by atoms with van der Waals surface area (Å²) in [6.45, 7) is 2.18. The van der Waals surface area contributed by atoms with Crippen molar-refractivity contribution >= 4 is 0 Å². The average molecular weight is 205 g/mol. The molecule has 0 saturated carbocycles. The van der Waals surface area contributed by atoms with Crippen LogP contribution in [-0.2, 0) is 15.9 Å². The Morgan fingerprint density at radius 3 is 2.67 bits per heavy atom. The van der Waals surface area contributed by atoms with Gasteiger partial charge in [-0.25, -0.2) is 0 Å². The van der Waals surface area contributed by atoms with Gasteiger partial charge in [-0.3, -0.25) is 5.32 Å². The molecule has 0 bridgehead atoms. The van der Waals surface area contributed by atoms with E-state index in [4.69, 9.17) is 9.47 Å². The van der Waals surface area contributed by atoms with Crippen LogP contribution in [0.2, 0.25) is 0 Å². The van der Waals surface area contributed by atoms with Crippen molar-refractivity contribution in [3.05, 3.63) is 35.9 Å². The van der Waals surface area contributed by atoms with Crippen LogP contribution in [0, 0.1) is 0 Å². The van der Waals surface area contributed by atoms with Crippen LogP contribution in [0.15, 0.2) is 30.3 Å². The van der Waals surface area contributed by atoms with Crippen LogP contribution in [0.3, 0.4) is 0 Å². The quantitative estimate of drug-likeness (QED) is 0.779. The van der Waals surface area contributed by atoms with Gasteiger partial charge < -0.3 is 9.47 Å². The third-order valence-electron chi connectivity index (χ3n) is 3.02. The van der Waals surface area contributed by atoms with Crippen LogP contribution in [0.1, 0.15) is 5.56 Å². The molecule has 2 heterocycles. The summed E-state index contributed by atoms with van der Waals surface area (Å²) in [6, 6.07) is 10.9. The van der Waals surface area contributed by atoms with Gasteiger partial charge in [0.05, 0.1) is 19.8 Å². The summed E-state index contributed by atoms with van der Waals surface area (Å²) in [7, 11) is 0. The maximum atomic E-state index is 5.73. The predicted octanol–water partition coefficient (Wildman–Crippen LogP) is 0.944. The van der Waals surface area contributed by atoms with Gasteiger partial charge in [-0.05, 0) is 12.0 Å². The van der Waals surface area contributed by atoms with Crippen molar-refractivity contribution in [3.8, 4) is 0 Å². The van der Waals surface area contributed by atoms with Crippen LogP contribution in [0.25, 0.3) is 0 Å². The van der Waals surface area contributed by atoms with E-state index < -0.39 is 0 Å². The lowest BCUT2D eigenvalue weighted by atomic mass is 10.1. The zero-order valence-corrected chi connectivity index (χ0v) is 8.61. The first-order valence-electron chi connectivity index (χ1n) is 5.40. The molecule has 0 aromatic heterocycles. The fourth-order valence-electron chi connectivity index (χ4n) is 2.18. The maximum absolute atomic E-state index is 5.73. The summed E-state index contributed by atoms with van der Waals surface area (Å²) in [5.74, 6) is 0. The maximum Gasteiger partial charge on any atom is 0.166 e. The summed E-state index contributed by atoms with van der Waals surface area (Å²) >= 11 is 0. The number of hydrogen-bond donors (Lipinski definition) is 1. The summed E-state index contributed by atoms with van der Waals surface area (Å²) in [5.41, 5.74) is 1.20. The second-order valence-corrected chi connectivity index (χ2v) is 4.33. The zero-order chi connectivity index (χ0) is 10.1. The molecule has 80 valence electrons. The highest BCUT2D eigenvalue weighted by molar-refractivity contribution is 5.16. The summed E-state index contributed by atoms with van der Waals surface area (Å²) in [6.07, 6.45) is 1.03. The van der Waals surface area contributed by atoms with Gasteiger partial charge in [-0.15, -0.1) is 0 Å². The molecule has 0 amide bonds. The molecule has 0 aliphatic carbocycles. The molecule has 1 N–H and O–H groups in total. The molecule has 2 aliphatic heterocycles. The molecule has 2 aliphatic rings. The molecule has 1 spiro atoms. The fraction of sp³-hybridized carbons (Fsp3) is 0.500. The lowest BCUT2D eigenvalue weighted by Crippen LogP contribution is -2.59. The van der Waals surface area contributed by atoms with E-state index in [2.05, 4.69) is 29.6 Å². The van der Waals surface area contributed by atoms with Gasteiger partial charge in [0.2, 0.25) is 0 Å². The largest absolute Gasteiger partial charge is 0.372 e. The van der Waals surface area contributed by atoms with E-state index in [0.29, 0.717) is 19.3 Å². The molecule has 0 radical (unpaired) electrons. The van der Waals surface area contributed by atoms with Gasteiger partial charge in [0.15, 0.2) is 5.72 Å². The Balaban J connectivity index is 1.61. The van der Waals surface area contributed by atoms with Crippen LogP contribution in [0.5, 0.6) is 0 Å². The monoisotopic (exact) mass is 205 g/mol. The minimum absolute atomic E-state index is 0.153. The molecule has 1 atom stereocenters. The van der Waals surface area contributed by atoms with E-state index in [9.17, 15) is 0 Å². The van der Waals surface area contributed by atoms with Crippen LogP contribution >= 0.6 is 0 Å². The first kappa shape index (κ1) is 9.33. The molecular formula is C12H15NO2. The standard InChI is InChI=1S/C12H15NO2/c1-2-4-10(5-3-1)6-11-7-15-12(13-11)8-14-9-12/h1-5,11,13H,6-9H2/t11-/m1/s1. The molecule has 2 fully saturated rings. The molecule has 3 heteroatoms. The number of benzene rings is 1. The summed E-state index contributed by atoms with van der Waals surface area (Å²) < 4.78 is 10.9. The normalized spacial score (nSPS) is 27.9. The van der Waals surface area contributed by atoms with E-state index >= 15 is 0 Å². The van der Waals surface area contributed by atoms with Crippen molar-refractivity contribution in [2.24, 2.45) is 0 Å². The molecule has 1 aromatic carbocycles. The SMILES string of the molecule is c1ccc(C[C@@H]2COC3(COC3)N2)cc1. The minimum atomic E-state index is -0.153. The van der Waals surface area contributed by atoms with Crippen molar-refractivity contribution in [1.82, 2.24) is 5.32 Å². The van der Waals surface area contributed by atoms with Crippen LogP contribution in [-0.4, -0.2) is 31.6 Å². The van der Waals surface area contributed by atoms with E-state index in [1.54, 1.807) is 0 Å². The van der Waals surface area contributed by atoms with Crippen molar-refractivity contribution in [1.29, 1.82) is 0 Å². The lowest BCUT2D eigenvalue weighted by molar-refractivity contribution is -0.195. The number of nitrogens with one attached hydrogen (secondary N) is 1. The Morgan fingerprint density at radius 1 is 1.27 bits per heavy atom. The Kier molecular flexibility index (Phi) is 2.24. The van der Waals surface area contributed by atoms with E-state index in [-0.39, 0.29) is 5.72 Å². The van der Waals surface area contributed by atoms with Gasteiger partial charge in [-0.2, -0.15) is 0 Å². The number of ether oxygens (including phenoxy) is 2. The predicted molar refractivity (Wildman–Crippen MR) is 56.6 cm³/mol. The molecule has 3 rings (SSSR count). The highest BCUT2D eigenvalue weighted by Crippen LogP contribution is 2.25. The van der Waals surface area contributed by atoms with Gasteiger partial charge >= 0.3 is 0 Å². The van der Waals surface area contributed by atoms with E-state index in [0.717, 1.165) is 13.0 Å². The zero-order valence-electron chi connectivity index (χ0n) is 8.61. The van der Waals surface area contributed by atoms with Crippen molar-refractivity contribution in [3.63, 3.8) is 0 Å². The minimum Gasteiger partial charge on any atom is -0.372 e. The Bertz CT molecular complexity index is 335. The molecule has 15 heavy (non-hydrogen) atoms. The average Bonchev–Trinajstić information content (AvgIpc) is 2.63. The van der Waals surface area contributed by atoms with Crippen molar-refractivity contribution in [2.45, 2.75) is 18.2 Å². The second-order valence-electron chi connectivity index (χ2n) is 4.33. The molecule has 3 nitrogen and oxygen atoms in total. The van der Waals surface area contributed by atoms with Crippen molar-refractivity contribution < 1.29 is 9.47 Å². The lowest BCUT2D eigenvalue weighted by Gasteiger charge is -2.37.